The molecule has 0 amide bonds. The van der Waals surface area contributed by atoms with E-state index in [1.54, 1.807) is 0 Å². The zero-order chi connectivity index (χ0) is 42.7. The molecule has 12 heteroatoms. The Bertz CT molecular complexity index is 1580. The molecule has 4 aliphatic carbocycles. The Kier molecular flexibility index (Phi) is 15.2. The molecule has 0 aromatic heterocycles. The molecule has 3 saturated heterocycles. The summed E-state index contributed by atoms with van der Waals surface area (Å²) in [5, 5.41) is 23.8. The average Bonchev–Trinajstić information content (AvgIpc) is 3.94. The number of fused-ring (bicyclic) bond motifs is 3. The first-order valence-corrected chi connectivity index (χ1v) is 24.5. The monoisotopic (exact) mass is 841 g/mol. The maximum absolute atomic E-state index is 15.4. The Hall–Kier alpha value is -2.03. The Balaban J connectivity index is 1.12. The maximum Gasteiger partial charge on any atom is 0.350 e. The summed E-state index contributed by atoms with van der Waals surface area (Å²) in [6.07, 6.45) is 20.1. The number of carbonyl (C=O) groups excluding carboxylic acids is 3. The summed E-state index contributed by atoms with van der Waals surface area (Å²) in [6.45, 7) is 12.8. The summed E-state index contributed by atoms with van der Waals surface area (Å²) >= 11 is 0. The van der Waals surface area contributed by atoms with Gasteiger partial charge in [-0.25, -0.2) is 10.1 Å². The predicted molar refractivity (Wildman–Crippen MR) is 229 cm³/mol. The lowest BCUT2D eigenvalue weighted by Crippen LogP contribution is -2.97. The van der Waals surface area contributed by atoms with Crippen molar-refractivity contribution in [3.05, 3.63) is 23.3 Å². The van der Waals surface area contributed by atoms with Crippen molar-refractivity contribution in [3.63, 3.8) is 0 Å². The number of ether oxygens (including phenoxy) is 2. The molecule has 0 aromatic rings. The molecule has 0 spiro atoms. The van der Waals surface area contributed by atoms with E-state index in [1.165, 1.54) is 0 Å². The fourth-order valence-electron chi connectivity index (χ4n) is 13.5. The highest BCUT2D eigenvalue weighted by Crippen LogP contribution is 2.64. The van der Waals surface area contributed by atoms with Gasteiger partial charge in [0, 0.05) is 49.4 Å². The van der Waals surface area contributed by atoms with Crippen molar-refractivity contribution < 1.29 is 50.2 Å². The number of nitrogens with two attached hydrogens (primary N) is 5. The van der Waals surface area contributed by atoms with Crippen molar-refractivity contribution in [1.29, 1.82) is 0 Å². The van der Waals surface area contributed by atoms with Crippen LogP contribution >= 0.6 is 0 Å². The van der Waals surface area contributed by atoms with Crippen LogP contribution in [0, 0.1) is 52.8 Å². The molecular formula is C48H84N6O6+4. The molecule has 6 fully saturated rings. The number of hydrogen-bond donors (Lipinski definition) is 7. The van der Waals surface area contributed by atoms with Crippen LogP contribution in [0.5, 0.6) is 0 Å². The number of hydrogen-bond acceptors (Lipinski definition) is 8. The number of nitrogens with one attached hydrogen (secondary N) is 1. The SMILES string of the molecule is CC[NH2+][C@@H]1C[C@@H]2C=CCC[C@H]2C[C@@H]1COC(=O)[C@]12O[C@@]1(CC(CO)=C(C)CCC1CC[NH2+]C(NC[NH2+]C)C1)C(=O)C1CCCC(CC(C)(C)CC3CCC(N)[NH2+]C3)C1C2=O. The summed E-state index contributed by atoms with van der Waals surface area (Å²) in [5.74, 6) is 0.361. The zero-order valence-corrected chi connectivity index (χ0v) is 37.9. The summed E-state index contributed by atoms with van der Waals surface area (Å²) in [6, 6.07) is 0.328. The fourth-order valence-corrected chi connectivity index (χ4v) is 13.5. The smallest absolute Gasteiger partial charge is 0.350 e. The molecule has 13 atom stereocenters. The van der Waals surface area contributed by atoms with E-state index in [2.05, 4.69) is 73.5 Å². The van der Waals surface area contributed by atoms with E-state index < -0.39 is 29.0 Å². The normalized spacial score (nSPS) is 39.6. The Morgan fingerprint density at radius 3 is 2.63 bits per heavy atom. The highest BCUT2D eigenvalue weighted by molar-refractivity contribution is 6.23. The second kappa shape index (κ2) is 19.8. The second-order valence-electron chi connectivity index (χ2n) is 21.5. The third kappa shape index (κ3) is 9.71. The Labute approximate surface area is 360 Å². The number of carbonyl (C=O) groups is 3. The molecule has 7 unspecified atom stereocenters. The van der Waals surface area contributed by atoms with Gasteiger partial charge in [-0.2, -0.15) is 0 Å². The van der Waals surface area contributed by atoms with Gasteiger partial charge in [-0.1, -0.05) is 38.0 Å². The van der Waals surface area contributed by atoms with Gasteiger partial charge in [0.15, 0.2) is 17.2 Å². The Morgan fingerprint density at radius 2 is 1.88 bits per heavy atom. The van der Waals surface area contributed by atoms with E-state index in [0.29, 0.717) is 42.3 Å². The van der Waals surface area contributed by atoms with Gasteiger partial charge in [-0.15, -0.1) is 0 Å². The summed E-state index contributed by atoms with van der Waals surface area (Å²) in [4.78, 5) is 45.5. The first-order chi connectivity index (χ1) is 28.8. The average molecular weight is 841 g/mol. The third-order valence-corrected chi connectivity index (χ3v) is 16.7. The van der Waals surface area contributed by atoms with Crippen molar-refractivity contribution in [2.45, 2.75) is 160 Å². The summed E-state index contributed by atoms with van der Waals surface area (Å²) in [5.41, 5.74) is 4.35. The zero-order valence-electron chi connectivity index (χ0n) is 37.9. The number of aliphatic hydroxyl groups is 1. The van der Waals surface area contributed by atoms with Crippen LogP contribution in [0.1, 0.15) is 130 Å². The third-order valence-electron chi connectivity index (χ3n) is 16.7. The van der Waals surface area contributed by atoms with Crippen LogP contribution in [-0.2, 0) is 23.9 Å². The standard InChI is InChI=1S/C48H80N6O6/c1-6-51-39-22-34-11-8-7-10-33(34)21-36(39)28-59-45(58)48-44(57)42-35(24-46(3,4)23-32-16-17-40(49)53-26-32)12-9-13-38(42)43(56)47(48,60-48)25-37(27-55)30(2)14-15-31-18-19-52-41(20-31)54-29-50-5/h8,11,31-36,38-42,50-55H,6-7,9-10,12-29,49H2,1-5H3/p+4/t31?,32?,33-,34-,35?,36+,38?,39+,40?,41?,42?,47-,48-/m0/s1. The first kappa shape index (κ1) is 46.0. The van der Waals surface area contributed by atoms with Crippen LogP contribution < -0.4 is 32.3 Å². The van der Waals surface area contributed by atoms with Gasteiger partial charge in [0.05, 0.1) is 45.9 Å². The molecule has 60 heavy (non-hydrogen) atoms. The summed E-state index contributed by atoms with van der Waals surface area (Å²) in [7, 11) is 2.07. The van der Waals surface area contributed by atoms with Gasteiger partial charge in [-0.05, 0) is 119 Å². The number of allylic oxidation sites excluding steroid dienone is 3. The number of rotatable bonds is 18. The molecule has 3 aliphatic heterocycles. The van der Waals surface area contributed by atoms with E-state index >= 15 is 9.59 Å². The lowest BCUT2D eigenvalue weighted by molar-refractivity contribution is -0.716. The number of piperidine rings is 2. The van der Waals surface area contributed by atoms with Crippen LogP contribution in [-0.4, -0.2) is 98.8 Å². The molecule has 7 rings (SSSR count). The van der Waals surface area contributed by atoms with Crippen LogP contribution in [0.3, 0.4) is 0 Å². The second-order valence-corrected chi connectivity index (χ2v) is 21.5. The van der Waals surface area contributed by atoms with Crippen LogP contribution in [0.4, 0.5) is 0 Å². The number of Topliss-reactive ketones (excluding diaryl/α,β-unsaturated/α-hetero) is 2. The molecule has 3 heterocycles. The van der Waals surface area contributed by atoms with E-state index in [0.717, 1.165) is 127 Å². The highest BCUT2D eigenvalue weighted by Gasteiger charge is 2.87. The highest BCUT2D eigenvalue weighted by atomic mass is 16.7. The van der Waals surface area contributed by atoms with Crippen molar-refractivity contribution >= 4 is 17.5 Å². The predicted octanol–water partition coefficient (Wildman–Crippen LogP) is 0.749. The fraction of sp³-hybridized carbons (Fsp3) is 0.854. The molecule has 7 aliphatic rings. The summed E-state index contributed by atoms with van der Waals surface area (Å²) < 4.78 is 13.0. The largest absolute Gasteiger partial charge is 0.463 e. The minimum Gasteiger partial charge on any atom is -0.463 e. The lowest BCUT2D eigenvalue weighted by Gasteiger charge is -2.45. The quantitative estimate of drug-likeness (QED) is 0.0345. The van der Waals surface area contributed by atoms with Crippen LogP contribution in [0.15, 0.2) is 23.3 Å². The van der Waals surface area contributed by atoms with Gasteiger partial charge in [0.25, 0.3) is 5.60 Å². The van der Waals surface area contributed by atoms with E-state index in [1.807, 2.05) is 0 Å². The molecule has 12 nitrogen and oxygen atoms in total. The van der Waals surface area contributed by atoms with Gasteiger partial charge in [0.2, 0.25) is 0 Å². The molecule has 338 valence electrons. The van der Waals surface area contributed by atoms with Gasteiger partial charge in [-0.3, -0.25) is 15.3 Å². The number of quaternary nitrogens is 4. The Morgan fingerprint density at radius 1 is 1.05 bits per heavy atom. The number of ketones is 2. The van der Waals surface area contributed by atoms with E-state index in [4.69, 9.17) is 15.2 Å². The van der Waals surface area contributed by atoms with Gasteiger partial charge in [0.1, 0.15) is 19.0 Å². The molecule has 3 saturated carbocycles. The lowest BCUT2D eigenvalue weighted by atomic mass is 9.55. The van der Waals surface area contributed by atoms with Gasteiger partial charge >= 0.3 is 5.97 Å². The molecular weight excluding hydrogens is 757 g/mol. The van der Waals surface area contributed by atoms with Gasteiger partial charge < -0.3 is 35.8 Å². The molecule has 0 bridgehead atoms. The topological polar surface area (TPSA) is 198 Å². The number of esters is 1. The van der Waals surface area contributed by atoms with Crippen LogP contribution in [0.2, 0.25) is 0 Å². The van der Waals surface area contributed by atoms with Crippen molar-refractivity contribution in [3.8, 4) is 0 Å². The number of aliphatic hydroxyl groups excluding tert-OH is 1. The maximum atomic E-state index is 15.4. The van der Waals surface area contributed by atoms with Crippen molar-refractivity contribution in [2.75, 3.05) is 46.6 Å². The first-order valence-electron chi connectivity index (χ1n) is 24.5. The van der Waals surface area contributed by atoms with Crippen molar-refractivity contribution in [1.82, 2.24) is 5.32 Å². The van der Waals surface area contributed by atoms with Crippen molar-refractivity contribution in [2.24, 2.45) is 58.5 Å². The van der Waals surface area contributed by atoms with E-state index in [9.17, 15) is 9.90 Å². The molecule has 12 N–H and O–H groups in total. The molecule has 0 aromatic carbocycles. The molecule has 0 radical (unpaired) electrons. The minimum absolute atomic E-state index is 0.00840. The number of epoxide rings is 1. The minimum atomic E-state index is -1.96. The van der Waals surface area contributed by atoms with Crippen LogP contribution in [0.25, 0.3) is 0 Å². The van der Waals surface area contributed by atoms with E-state index in [-0.39, 0.29) is 54.6 Å².